The van der Waals surface area contributed by atoms with Crippen molar-refractivity contribution in [2.75, 3.05) is 33.9 Å². The molecule has 5 nitrogen and oxygen atoms in total. The van der Waals surface area contributed by atoms with Gasteiger partial charge in [0, 0.05) is 7.05 Å². The fourth-order valence-electron chi connectivity index (χ4n) is 2.41. The molecule has 0 saturated carbocycles. The maximum atomic E-state index is 12.2. The van der Waals surface area contributed by atoms with Gasteiger partial charge in [0.15, 0.2) is 0 Å². The molecule has 1 atom stereocenters. The van der Waals surface area contributed by atoms with Crippen molar-refractivity contribution in [3.8, 4) is 11.5 Å². The van der Waals surface area contributed by atoms with Gasteiger partial charge in [0.1, 0.15) is 18.1 Å². The molecule has 1 aromatic carbocycles. The summed E-state index contributed by atoms with van der Waals surface area (Å²) in [5.41, 5.74) is 0. The van der Waals surface area contributed by atoms with Gasteiger partial charge < -0.3 is 19.7 Å². The standard InChI is InChI=1S/C16H24N2O3/c1-18(16(19)15-5-3-4-10-17-15)11-12-21-14-8-6-13(20-2)7-9-14/h6-9,15,17H,3-5,10-12H2,1-2H3/t15-/m0/s1. The molecule has 2 rings (SSSR count). The number of nitrogens with zero attached hydrogens (tertiary/aromatic N) is 1. The fraction of sp³-hybridized carbons (Fsp3) is 0.562. The van der Waals surface area contributed by atoms with E-state index in [1.165, 1.54) is 0 Å². The number of carbonyl (C=O) groups excluding carboxylic acids is 1. The smallest absolute Gasteiger partial charge is 0.239 e. The zero-order valence-corrected chi connectivity index (χ0v) is 12.8. The van der Waals surface area contributed by atoms with E-state index in [-0.39, 0.29) is 11.9 Å². The van der Waals surface area contributed by atoms with Gasteiger partial charge in [-0.1, -0.05) is 6.42 Å². The number of amides is 1. The zero-order valence-electron chi connectivity index (χ0n) is 12.8. The number of rotatable bonds is 6. The molecule has 0 unspecified atom stereocenters. The molecule has 0 bridgehead atoms. The Morgan fingerprint density at radius 1 is 1.29 bits per heavy atom. The van der Waals surface area contributed by atoms with Gasteiger partial charge in [0.2, 0.25) is 5.91 Å². The van der Waals surface area contributed by atoms with E-state index in [2.05, 4.69) is 5.32 Å². The van der Waals surface area contributed by atoms with Crippen LogP contribution in [0.2, 0.25) is 0 Å². The van der Waals surface area contributed by atoms with Gasteiger partial charge in [0.05, 0.1) is 19.7 Å². The van der Waals surface area contributed by atoms with E-state index in [0.29, 0.717) is 13.2 Å². The second kappa shape index (κ2) is 7.88. The Kier molecular flexibility index (Phi) is 5.87. The summed E-state index contributed by atoms with van der Waals surface area (Å²) in [5.74, 6) is 1.75. The van der Waals surface area contributed by atoms with Crippen LogP contribution in [-0.2, 0) is 4.79 Å². The van der Waals surface area contributed by atoms with Crippen LogP contribution in [0.5, 0.6) is 11.5 Å². The number of piperidine rings is 1. The minimum atomic E-state index is -0.0234. The summed E-state index contributed by atoms with van der Waals surface area (Å²) in [7, 11) is 3.46. The molecular formula is C16H24N2O3. The Morgan fingerprint density at radius 2 is 2.00 bits per heavy atom. The molecule has 1 aromatic rings. The van der Waals surface area contributed by atoms with E-state index in [4.69, 9.17) is 9.47 Å². The lowest BCUT2D eigenvalue weighted by Gasteiger charge is -2.27. The second-order valence-electron chi connectivity index (χ2n) is 5.29. The topological polar surface area (TPSA) is 50.8 Å². The number of hydrogen-bond donors (Lipinski definition) is 1. The van der Waals surface area contributed by atoms with Crippen molar-refractivity contribution < 1.29 is 14.3 Å². The summed E-state index contributed by atoms with van der Waals surface area (Å²) in [6.45, 7) is 2.01. The molecule has 0 radical (unpaired) electrons. The maximum absolute atomic E-state index is 12.2. The first-order valence-electron chi connectivity index (χ1n) is 7.46. The summed E-state index contributed by atoms with van der Waals surface area (Å²) >= 11 is 0. The lowest BCUT2D eigenvalue weighted by Crippen LogP contribution is -2.48. The van der Waals surface area contributed by atoms with Gasteiger partial charge in [-0.2, -0.15) is 0 Å². The van der Waals surface area contributed by atoms with Gasteiger partial charge in [0.25, 0.3) is 0 Å². The van der Waals surface area contributed by atoms with Crippen LogP contribution >= 0.6 is 0 Å². The first-order valence-corrected chi connectivity index (χ1v) is 7.46. The number of hydrogen-bond acceptors (Lipinski definition) is 4. The Hall–Kier alpha value is -1.75. The van der Waals surface area contributed by atoms with E-state index >= 15 is 0 Å². The largest absolute Gasteiger partial charge is 0.497 e. The lowest BCUT2D eigenvalue weighted by atomic mass is 10.0. The Morgan fingerprint density at radius 3 is 2.62 bits per heavy atom. The van der Waals surface area contributed by atoms with E-state index in [1.54, 1.807) is 12.0 Å². The van der Waals surface area contributed by atoms with Crippen molar-refractivity contribution in [3.63, 3.8) is 0 Å². The molecule has 1 aliphatic heterocycles. The van der Waals surface area contributed by atoms with Crippen molar-refractivity contribution in [1.29, 1.82) is 0 Å². The highest BCUT2D eigenvalue weighted by atomic mass is 16.5. The first kappa shape index (κ1) is 15.6. The van der Waals surface area contributed by atoms with Gasteiger partial charge in [-0.25, -0.2) is 0 Å². The summed E-state index contributed by atoms with van der Waals surface area (Å²) in [6.07, 6.45) is 3.22. The van der Waals surface area contributed by atoms with Crippen molar-refractivity contribution in [1.82, 2.24) is 10.2 Å². The van der Waals surface area contributed by atoms with Crippen LogP contribution < -0.4 is 14.8 Å². The fourth-order valence-corrected chi connectivity index (χ4v) is 2.41. The SMILES string of the molecule is COc1ccc(OCCN(C)C(=O)[C@@H]2CCCCN2)cc1. The van der Waals surface area contributed by atoms with E-state index in [1.807, 2.05) is 31.3 Å². The van der Waals surface area contributed by atoms with E-state index < -0.39 is 0 Å². The third-order valence-electron chi connectivity index (χ3n) is 3.74. The number of likely N-dealkylation sites (N-methyl/N-ethyl adjacent to an activating group) is 1. The van der Waals surface area contributed by atoms with Crippen molar-refractivity contribution in [2.24, 2.45) is 0 Å². The van der Waals surface area contributed by atoms with Crippen LogP contribution in [0.15, 0.2) is 24.3 Å². The van der Waals surface area contributed by atoms with Crippen molar-refractivity contribution >= 4 is 5.91 Å². The van der Waals surface area contributed by atoms with Gasteiger partial charge in [-0.15, -0.1) is 0 Å². The molecule has 1 saturated heterocycles. The highest BCUT2D eigenvalue weighted by molar-refractivity contribution is 5.81. The molecular weight excluding hydrogens is 268 g/mol. The average Bonchev–Trinajstić information content (AvgIpc) is 2.55. The molecule has 5 heteroatoms. The lowest BCUT2D eigenvalue weighted by molar-refractivity contribution is -0.133. The minimum absolute atomic E-state index is 0.0234. The molecule has 1 heterocycles. The number of ether oxygens (including phenoxy) is 2. The monoisotopic (exact) mass is 292 g/mol. The third-order valence-corrected chi connectivity index (χ3v) is 3.74. The molecule has 116 valence electrons. The van der Waals surface area contributed by atoms with E-state index in [0.717, 1.165) is 37.3 Å². The second-order valence-corrected chi connectivity index (χ2v) is 5.29. The molecule has 0 spiro atoms. The van der Waals surface area contributed by atoms with E-state index in [9.17, 15) is 4.79 Å². The van der Waals surface area contributed by atoms with Crippen LogP contribution in [0.25, 0.3) is 0 Å². The van der Waals surface area contributed by atoms with Gasteiger partial charge in [-0.05, 0) is 43.7 Å². The van der Waals surface area contributed by atoms with Crippen LogP contribution in [0.1, 0.15) is 19.3 Å². The summed E-state index contributed by atoms with van der Waals surface area (Å²) in [5, 5.41) is 3.27. The molecule has 0 aromatic heterocycles. The van der Waals surface area contributed by atoms with Gasteiger partial charge >= 0.3 is 0 Å². The zero-order chi connectivity index (χ0) is 15.1. The summed E-state index contributed by atoms with van der Waals surface area (Å²) < 4.78 is 10.7. The van der Waals surface area contributed by atoms with Crippen LogP contribution in [-0.4, -0.2) is 50.7 Å². The Balaban J connectivity index is 1.72. The van der Waals surface area contributed by atoms with Crippen LogP contribution in [0.3, 0.4) is 0 Å². The van der Waals surface area contributed by atoms with Crippen molar-refractivity contribution in [3.05, 3.63) is 24.3 Å². The molecule has 1 amide bonds. The number of methoxy groups -OCH3 is 1. The van der Waals surface area contributed by atoms with Crippen molar-refractivity contribution in [2.45, 2.75) is 25.3 Å². The number of nitrogens with one attached hydrogen (secondary N) is 1. The molecule has 1 fully saturated rings. The maximum Gasteiger partial charge on any atom is 0.239 e. The normalized spacial score (nSPS) is 18.1. The predicted octanol–water partition coefficient (Wildman–Crippen LogP) is 1.67. The Labute approximate surface area is 126 Å². The highest BCUT2D eigenvalue weighted by Gasteiger charge is 2.23. The van der Waals surface area contributed by atoms with Crippen LogP contribution in [0, 0.1) is 0 Å². The van der Waals surface area contributed by atoms with Gasteiger partial charge in [-0.3, -0.25) is 4.79 Å². The molecule has 21 heavy (non-hydrogen) atoms. The quantitative estimate of drug-likeness (QED) is 0.866. The Bertz CT molecular complexity index is 441. The third kappa shape index (κ3) is 4.63. The summed E-state index contributed by atoms with van der Waals surface area (Å²) in [6, 6.07) is 7.42. The average molecular weight is 292 g/mol. The minimum Gasteiger partial charge on any atom is -0.497 e. The number of carbonyl (C=O) groups is 1. The van der Waals surface area contributed by atoms with Crippen LogP contribution in [0.4, 0.5) is 0 Å². The highest BCUT2D eigenvalue weighted by Crippen LogP contribution is 2.17. The number of benzene rings is 1. The predicted molar refractivity (Wildman–Crippen MR) is 81.8 cm³/mol. The first-order chi connectivity index (χ1) is 10.2. The molecule has 1 N–H and O–H groups in total. The summed E-state index contributed by atoms with van der Waals surface area (Å²) in [4.78, 5) is 14.0. The molecule has 0 aliphatic carbocycles. The molecule has 1 aliphatic rings.